The molecular formula is C22H21ClN2O4S. The van der Waals surface area contributed by atoms with E-state index >= 15 is 0 Å². The van der Waals surface area contributed by atoms with E-state index in [-0.39, 0.29) is 10.8 Å². The summed E-state index contributed by atoms with van der Waals surface area (Å²) in [6.07, 6.45) is 0. The Morgan fingerprint density at radius 2 is 1.67 bits per heavy atom. The number of carbonyl (C=O) groups is 1. The Morgan fingerprint density at radius 3 is 2.30 bits per heavy atom. The van der Waals surface area contributed by atoms with Crippen molar-refractivity contribution in [3.63, 3.8) is 0 Å². The molecule has 8 heteroatoms. The van der Waals surface area contributed by atoms with Crippen molar-refractivity contribution in [3.05, 3.63) is 82.4 Å². The number of aryl methyl sites for hydroxylation is 1. The van der Waals surface area contributed by atoms with Gasteiger partial charge in [-0.1, -0.05) is 17.7 Å². The number of sulfonamides is 1. The van der Waals surface area contributed by atoms with Gasteiger partial charge in [0.2, 0.25) is 0 Å². The van der Waals surface area contributed by atoms with Crippen LogP contribution < -0.4 is 14.8 Å². The summed E-state index contributed by atoms with van der Waals surface area (Å²) in [4.78, 5) is 12.7. The number of benzene rings is 3. The summed E-state index contributed by atoms with van der Waals surface area (Å²) in [5.74, 6) is 0.253. The Bertz CT molecular complexity index is 1190. The van der Waals surface area contributed by atoms with E-state index in [0.29, 0.717) is 33.3 Å². The van der Waals surface area contributed by atoms with Gasteiger partial charge in [-0.3, -0.25) is 9.52 Å². The molecule has 0 saturated carbocycles. The van der Waals surface area contributed by atoms with Gasteiger partial charge in [0.15, 0.2) is 0 Å². The second-order valence-electron chi connectivity index (χ2n) is 6.68. The van der Waals surface area contributed by atoms with Crippen LogP contribution in [0.15, 0.2) is 65.6 Å². The molecule has 0 aliphatic carbocycles. The van der Waals surface area contributed by atoms with Crippen LogP contribution in [0.5, 0.6) is 5.75 Å². The van der Waals surface area contributed by atoms with Crippen LogP contribution in [0.3, 0.4) is 0 Å². The number of nitrogens with one attached hydrogen (secondary N) is 2. The number of amides is 1. The summed E-state index contributed by atoms with van der Waals surface area (Å²) < 4.78 is 32.9. The SMILES string of the molecule is COc1ccc(S(=O)(=O)Nc2ccc(C(=O)Nc3cccc(Cl)c3C)cc2C)cc1. The van der Waals surface area contributed by atoms with Crippen LogP contribution in [0.4, 0.5) is 11.4 Å². The minimum Gasteiger partial charge on any atom is -0.497 e. The van der Waals surface area contributed by atoms with Gasteiger partial charge in [-0.05, 0) is 79.6 Å². The molecule has 0 saturated heterocycles. The van der Waals surface area contributed by atoms with Gasteiger partial charge in [-0.15, -0.1) is 0 Å². The number of hydrogen-bond acceptors (Lipinski definition) is 4. The van der Waals surface area contributed by atoms with Crippen molar-refractivity contribution in [2.75, 3.05) is 17.1 Å². The normalized spacial score (nSPS) is 11.1. The molecular weight excluding hydrogens is 424 g/mol. The van der Waals surface area contributed by atoms with Gasteiger partial charge in [0.25, 0.3) is 15.9 Å². The molecule has 3 aromatic rings. The maximum atomic E-state index is 12.6. The van der Waals surface area contributed by atoms with Gasteiger partial charge in [0.05, 0.1) is 17.7 Å². The molecule has 30 heavy (non-hydrogen) atoms. The van der Waals surface area contributed by atoms with Crippen molar-refractivity contribution in [2.24, 2.45) is 0 Å². The summed E-state index contributed by atoms with van der Waals surface area (Å²) in [6, 6.07) is 16.1. The Balaban J connectivity index is 1.79. The fourth-order valence-corrected chi connectivity index (χ4v) is 4.12. The first-order valence-corrected chi connectivity index (χ1v) is 10.9. The molecule has 6 nitrogen and oxygen atoms in total. The van der Waals surface area contributed by atoms with Gasteiger partial charge in [-0.2, -0.15) is 0 Å². The van der Waals surface area contributed by atoms with Crippen molar-refractivity contribution in [2.45, 2.75) is 18.7 Å². The third-order valence-electron chi connectivity index (χ3n) is 4.62. The molecule has 1 amide bonds. The summed E-state index contributed by atoms with van der Waals surface area (Å²) in [6.45, 7) is 3.55. The average molecular weight is 445 g/mol. The monoisotopic (exact) mass is 444 g/mol. The lowest BCUT2D eigenvalue weighted by Gasteiger charge is -2.13. The van der Waals surface area contributed by atoms with Crippen molar-refractivity contribution < 1.29 is 17.9 Å². The van der Waals surface area contributed by atoms with E-state index in [4.69, 9.17) is 16.3 Å². The van der Waals surface area contributed by atoms with E-state index in [0.717, 1.165) is 5.56 Å². The number of carbonyl (C=O) groups excluding carboxylic acids is 1. The molecule has 2 N–H and O–H groups in total. The molecule has 0 aliphatic rings. The van der Waals surface area contributed by atoms with E-state index in [1.807, 2.05) is 6.92 Å². The van der Waals surface area contributed by atoms with E-state index in [2.05, 4.69) is 10.0 Å². The molecule has 0 aromatic heterocycles. The van der Waals surface area contributed by atoms with Crippen molar-refractivity contribution in [1.29, 1.82) is 0 Å². The van der Waals surface area contributed by atoms with E-state index in [1.54, 1.807) is 55.5 Å². The fraction of sp³-hybridized carbons (Fsp3) is 0.136. The molecule has 3 aromatic carbocycles. The Labute approximate surface area is 180 Å². The van der Waals surface area contributed by atoms with Gasteiger partial charge >= 0.3 is 0 Å². The molecule has 0 radical (unpaired) electrons. The number of hydrogen-bond donors (Lipinski definition) is 2. The Morgan fingerprint density at radius 1 is 0.967 bits per heavy atom. The highest BCUT2D eigenvalue weighted by Gasteiger charge is 2.17. The number of rotatable bonds is 6. The zero-order valence-electron chi connectivity index (χ0n) is 16.7. The zero-order chi connectivity index (χ0) is 21.9. The molecule has 0 fully saturated rings. The molecule has 0 aliphatic heterocycles. The predicted octanol–water partition coefficient (Wildman–Crippen LogP) is 5.02. The minimum atomic E-state index is -3.77. The van der Waals surface area contributed by atoms with Gasteiger partial charge in [0, 0.05) is 16.3 Å². The lowest BCUT2D eigenvalue weighted by molar-refractivity contribution is 0.102. The molecule has 0 heterocycles. The van der Waals surface area contributed by atoms with Crippen molar-refractivity contribution >= 4 is 38.9 Å². The smallest absolute Gasteiger partial charge is 0.261 e. The first kappa shape index (κ1) is 21.7. The third kappa shape index (κ3) is 4.75. The molecule has 0 spiro atoms. The second-order valence-corrected chi connectivity index (χ2v) is 8.77. The number of anilines is 2. The van der Waals surface area contributed by atoms with Crippen LogP contribution in [0.2, 0.25) is 5.02 Å². The lowest BCUT2D eigenvalue weighted by Crippen LogP contribution is -2.15. The van der Waals surface area contributed by atoms with E-state index in [9.17, 15) is 13.2 Å². The molecule has 0 unspecified atom stereocenters. The van der Waals surface area contributed by atoms with Crippen LogP contribution >= 0.6 is 11.6 Å². The molecule has 0 atom stereocenters. The number of halogens is 1. The van der Waals surface area contributed by atoms with Crippen LogP contribution in [0, 0.1) is 13.8 Å². The third-order valence-corrected chi connectivity index (χ3v) is 6.41. The zero-order valence-corrected chi connectivity index (χ0v) is 18.3. The van der Waals surface area contributed by atoms with E-state index in [1.165, 1.54) is 19.2 Å². The Kier molecular flexibility index (Phi) is 6.34. The highest BCUT2D eigenvalue weighted by atomic mass is 35.5. The van der Waals surface area contributed by atoms with Crippen LogP contribution in [-0.4, -0.2) is 21.4 Å². The number of ether oxygens (including phenoxy) is 1. The molecule has 156 valence electrons. The van der Waals surface area contributed by atoms with Crippen molar-refractivity contribution in [1.82, 2.24) is 0 Å². The van der Waals surface area contributed by atoms with Gasteiger partial charge in [-0.25, -0.2) is 8.42 Å². The minimum absolute atomic E-state index is 0.112. The summed E-state index contributed by atoms with van der Waals surface area (Å²) in [5, 5.41) is 3.39. The topological polar surface area (TPSA) is 84.5 Å². The Hall–Kier alpha value is -3.03. The van der Waals surface area contributed by atoms with E-state index < -0.39 is 10.0 Å². The first-order chi connectivity index (χ1) is 14.2. The summed E-state index contributed by atoms with van der Waals surface area (Å²) >= 11 is 6.09. The van der Waals surface area contributed by atoms with Crippen LogP contribution in [0.1, 0.15) is 21.5 Å². The maximum absolute atomic E-state index is 12.6. The maximum Gasteiger partial charge on any atom is 0.261 e. The number of methoxy groups -OCH3 is 1. The predicted molar refractivity (Wildman–Crippen MR) is 119 cm³/mol. The largest absolute Gasteiger partial charge is 0.497 e. The second kappa shape index (κ2) is 8.77. The quantitative estimate of drug-likeness (QED) is 0.559. The standard InChI is InChI=1S/C22H21ClN2O4S/c1-14-13-16(22(26)24-21-6-4-5-19(23)15(21)2)7-12-20(14)25-30(27,28)18-10-8-17(29-3)9-11-18/h4-13,25H,1-3H3,(H,24,26). The fourth-order valence-electron chi connectivity index (χ4n) is 2.82. The first-order valence-electron chi connectivity index (χ1n) is 9.05. The summed E-state index contributed by atoms with van der Waals surface area (Å²) in [7, 11) is -2.26. The highest BCUT2D eigenvalue weighted by Crippen LogP contribution is 2.25. The van der Waals surface area contributed by atoms with Crippen LogP contribution in [0.25, 0.3) is 0 Å². The average Bonchev–Trinajstić information content (AvgIpc) is 2.72. The lowest BCUT2D eigenvalue weighted by atomic mass is 10.1. The van der Waals surface area contributed by atoms with Crippen LogP contribution in [-0.2, 0) is 10.0 Å². The molecule has 0 bridgehead atoms. The van der Waals surface area contributed by atoms with Crippen molar-refractivity contribution in [3.8, 4) is 5.75 Å². The highest BCUT2D eigenvalue weighted by molar-refractivity contribution is 7.92. The summed E-state index contributed by atoms with van der Waals surface area (Å²) in [5.41, 5.74) is 2.80. The molecule has 3 rings (SSSR count). The van der Waals surface area contributed by atoms with Gasteiger partial charge < -0.3 is 10.1 Å². The van der Waals surface area contributed by atoms with Gasteiger partial charge in [0.1, 0.15) is 5.75 Å².